The first-order chi connectivity index (χ1) is 10.6. The maximum absolute atomic E-state index is 12.4. The maximum atomic E-state index is 12.4. The third-order valence-corrected chi connectivity index (χ3v) is 5.51. The van der Waals surface area contributed by atoms with Crippen LogP contribution in [-0.4, -0.2) is 18.5 Å². The van der Waals surface area contributed by atoms with Gasteiger partial charge in [-0.3, -0.25) is 4.79 Å². The Morgan fingerprint density at radius 2 is 2.09 bits per heavy atom. The molecule has 1 fully saturated rings. The van der Waals surface area contributed by atoms with Crippen LogP contribution in [0.2, 0.25) is 0 Å². The van der Waals surface area contributed by atoms with E-state index in [0.29, 0.717) is 23.1 Å². The number of anilines is 1. The van der Waals surface area contributed by atoms with Gasteiger partial charge in [-0.1, -0.05) is 13.8 Å². The number of rotatable bonds is 5. The summed E-state index contributed by atoms with van der Waals surface area (Å²) in [5.74, 6) is 0.548. The van der Waals surface area contributed by atoms with Gasteiger partial charge in [0.1, 0.15) is 5.00 Å². The van der Waals surface area contributed by atoms with Gasteiger partial charge in [-0.2, -0.15) is 0 Å². The van der Waals surface area contributed by atoms with Crippen molar-refractivity contribution < 1.29 is 14.3 Å². The Morgan fingerprint density at radius 3 is 2.77 bits per heavy atom. The van der Waals surface area contributed by atoms with Crippen LogP contribution < -0.4 is 5.32 Å². The topological polar surface area (TPSA) is 55.4 Å². The lowest BCUT2D eigenvalue weighted by atomic mass is 9.88. The standard InChI is InChI=1S/C17H23NO3S/c1-3-8-21-17(20)14-12-7-4-10(2)9-13(12)22-16(14)18-15(19)11-5-6-11/h10-11H,3-9H2,1-2H3,(H,18,19)/t10-/m0/s1. The quantitative estimate of drug-likeness (QED) is 0.840. The van der Waals surface area contributed by atoms with E-state index in [0.717, 1.165) is 44.1 Å². The van der Waals surface area contributed by atoms with Crippen molar-refractivity contribution in [1.29, 1.82) is 0 Å². The van der Waals surface area contributed by atoms with Crippen LogP contribution >= 0.6 is 11.3 Å². The number of esters is 1. The zero-order valence-corrected chi connectivity index (χ0v) is 14.1. The predicted octanol–water partition coefficient (Wildman–Crippen LogP) is 3.79. The van der Waals surface area contributed by atoms with E-state index in [2.05, 4.69) is 12.2 Å². The summed E-state index contributed by atoms with van der Waals surface area (Å²) in [6, 6.07) is 0. The molecule has 0 spiro atoms. The Labute approximate surface area is 135 Å². The highest BCUT2D eigenvalue weighted by molar-refractivity contribution is 7.17. The van der Waals surface area contributed by atoms with Crippen LogP contribution in [0.25, 0.3) is 0 Å². The third kappa shape index (κ3) is 3.19. The van der Waals surface area contributed by atoms with Crippen molar-refractivity contribution in [3.05, 3.63) is 16.0 Å². The van der Waals surface area contributed by atoms with Crippen molar-refractivity contribution in [2.24, 2.45) is 11.8 Å². The van der Waals surface area contributed by atoms with E-state index in [9.17, 15) is 9.59 Å². The molecule has 1 heterocycles. The fourth-order valence-electron chi connectivity index (χ4n) is 2.88. The molecule has 4 nitrogen and oxygen atoms in total. The van der Waals surface area contributed by atoms with Crippen LogP contribution in [-0.2, 0) is 22.4 Å². The molecule has 2 aliphatic rings. The van der Waals surface area contributed by atoms with Crippen LogP contribution in [0.1, 0.15) is 60.3 Å². The molecule has 1 atom stereocenters. The number of ether oxygens (including phenoxy) is 1. The minimum Gasteiger partial charge on any atom is -0.462 e. The summed E-state index contributed by atoms with van der Waals surface area (Å²) >= 11 is 1.57. The zero-order chi connectivity index (χ0) is 15.7. The lowest BCUT2D eigenvalue weighted by Gasteiger charge is -2.18. The minimum absolute atomic E-state index is 0.0520. The molecule has 0 aromatic carbocycles. The Balaban J connectivity index is 1.88. The average molecular weight is 321 g/mol. The second-order valence-corrected chi connectivity index (χ2v) is 7.56. The predicted molar refractivity (Wildman–Crippen MR) is 87.4 cm³/mol. The lowest BCUT2D eigenvalue weighted by molar-refractivity contribution is -0.117. The fourth-order valence-corrected chi connectivity index (χ4v) is 4.28. The van der Waals surface area contributed by atoms with E-state index in [-0.39, 0.29) is 17.8 Å². The molecule has 120 valence electrons. The van der Waals surface area contributed by atoms with Crippen LogP contribution in [0, 0.1) is 11.8 Å². The van der Waals surface area contributed by atoms with Gasteiger partial charge in [0.15, 0.2) is 0 Å². The zero-order valence-electron chi connectivity index (χ0n) is 13.2. The van der Waals surface area contributed by atoms with Gasteiger partial charge >= 0.3 is 5.97 Å². The Morgan fingerprint density at radius 1 is 1.32 bits per heavy atom. The molecule has 1 amide bonds. The van der Waals surface area contributed by atoms with Crippen LogP contribution in [0.4, 0.5) is 5.00 Å². The molecular formula is C17H23NO3S. The first-order valence-corrected chi connectivity index (χ1v) is 9.04. The summed E-state index contributed by atoms with van der Waals surface area (Å²) in [6.07, 6.45) is 5.72. The first kappa shape index (κ1) is 15.5. The number of hydrogen-bond acceptors (Lipinski definition) is 4. The number of amides is 1. The monoisotopic (exact) mass is 321 g/mol. The number of nitrogens with one attached hydrogen (secondary N) is 1. The molecule has 0 aliphatic heterocycles. The van der Waals surface area contributed by atoms with Gasteiger partial charge in [-0.25, -0.2) is 4.79 Å². The van der Waals surface area contributed by atoms with Gasteiger partial charge in [-0.05, 0) is 50.0 Å². The van der Waals surface area contributed by atoms with Crippen molar-refractivity contribution in [3.63, 3.8) is 0 Å². The average Bonchev–Trinajstić information content (AvgIpc) is 3.27. The molecular weight excluding hydrogens is 298 g/mol. The fraction of sp³-hybridized carbons (Fsp3) is 0.647. The second kappa shape index (κ2) is 6.41. The molecule has 1 aromatic rings. The minimum atomic E-state index is -0.278. The summed E-state index contributed by atoms with van der Waals surface area (Å²) in [5.41, 5.74) is 1.73. The highest BCUT2D eigenvalue weighted by Gasteiger charge is 2.33. The summed E-state index contributed by atoms with van der Waals surface area (Å²) < 4.78 is 5.34. The van der Waals surface area contributed by atoms with Gasteiger partial charge in [0.05, 0.1) is 12.2 Å². The van der Waals surface area contributed by atoms with Crippen LogP contribution in [0.15, 0.2) is 0 Å². The van der Waals surface area contributed by atoms with E-state index >= 15 is 0 Å². The summed E-state index contributed by atoms with van der Waals surface area (Å²) in [7, 11) is 0. The molecule has 1 aromatic heterocycles. The number of thiophene rings is 1. The SMILES string of the molecule is CCCOC(=O)c1c(NC(=O)C2CC2)sc2c1CC[C@H](C)C2. The van der Waals surface area contributed by atoms with E-state index < -0.39 is 0 Å². The number of carbonyl (C=O) groups excluding carboxylic acids is 2. The number of fused-ring (bicyclic) bond motifs is 1. The largest absolute Gasteiger partial charge is 0.462 e. The van der Waals surface area contributed by atoms with Crippen LogP contribution in [0.3, 0.4) is 0 Å². The highest BCUT2D eigenvalue weighted by atomic mass is 32.1. The molecule has 2 aliphatic carbocycles. The molecule has 5 heteroatoms. The third-order valence-electron chi connectivity index (χ3n) is 4.34. The van der Waals surface area contributed by atoms with Gasteiger partial charge in [-0.15, -0.1) is 11.3 Å². The van der Waals surface area contributed by atoms with E-state index in [4.69, 9.17) is 4.74 Å². The molecule has 1 N–H and O–H groups in total. The molecule has 0 saturated heterocycles. The second-order valence-electron chi connectivity index (χ2n) is 6.46. The Hall–Kier alpha value is -1.36. The van der Waals surface area contributed by atoms with Crippen molar-refractivity contribution in [3.8, 4) is 0 Å². The number of carbonyl (C=O) groups is 2. The smallest absolute Gasteiger partial charge is 0.341 e. The van der Waals surface area contributed by atoms with E-state index in [1.54, 1.807) is 11.3 Å². The highest BCUT2D eigenvalue weighted by Crippen LogP contribution is 2.41. The van der Waals surface area contributed by atoms with E-state index in [1.807, 2.05) is 6.92 Å². The van der Waals surface area contributed by atoms with Crippen molar-refractivity contribution >= 4 is 28.2 Å². The molecule has 22 heavy (non-hydrogen) atoms. The van der Waals surface area contributed by atoms with Crippen LogP contribution in [0.5, 0.6) is 0 Å². The van der Waals surface area contributed by atoms with Gasteiger partial charge < -0.3 is 10.1 Å². The molecule has 3 rings (SSSR count). The van der Waals surface area contributed by atoms with E-state index in [1.165, 1.54) is 4.88 Å². The normalized spacial score (nSPS) is 20.4. The molecule has 0 radical (unpaired) electrons. The van der Waals surface area contributed by atoms with Crippen molar-refractivity contribution in [2.45, 2.75) is 52.4 Å². The first-order valence-electron chi connectivity index (χ1n) is 8.22. The summed E-state index contributed by atoms with van der Waals surface area (Å²) in [6.45, 7) is 4.64. The number of hydrogen-bond donors (Lipinski definition) is 1. The summed E-state index contributed by atoms with van der Waals surface area (Å²) in [5, 5.41) is 3.69. The van der Waals surface area contributed by atoms with Gasteiger partial charge in [0.2, 0.25) is 5.91 Å². The summed E-state index contributed by atoms with van der Waals surface area (Å²) in [4.78, 5) is 25.8. The Kier molecular flexibility index (Phi) is 4.52. The van der Waals surface area contributed by atoms with Gasteiger partial charge in [0.25, 0.3) is 0 Å². The lowest BCUT2D eigenvalue weighted by Crippen LogP contribution is -2.17. The molecule has 0 bridgehead atoms. The molecule has 0 unspecified atom stereocenters. The Bertz CT molecular complexity index is 589. The molecule has 1 saturated carbocycles. The van der Waals surface area contributed by atoms with Crippen molar-refractivity contribution in [2.75, 3.05) is 11.9 Å². The van der Waals surface area contributed by atoms with Gasteiger partial charge in [0, 0.05) is 10.8 Å². The van der Waals surface area contributed by atoms with Crippen molar-refractivity contribution in [1.82, 2.24) is 0 Å². The maximum Gasteiger partial charge on any atom is 0.341 e.